The van der Waals surface area contributed by atoms with Crippen LogP contribution in [0.5, 0.6) is 5.88 Å². The van der Waals surface area contributed by atoms with Gasteiger partial charge in [0.1, 0.15) is 5.82 Å². The predicted octanol–water partition coefficient (Wildman–Crippen LogP) is 6.34. The molecule has 0 atom stereocenters. The van der Waals surface area contributed by atoms with E-state index in [-0.39, 0.29) is 22.2 Å². The van der Waals surface area contributed by atoms with Crippen LogP contribution in [0.3, 0.4) is 0 Å². The second-order valence-corrected chi connectivity index (χ2v) is 12.6. The number of amides is 1. The van der Waals surface area contributed by atoms with Crippen LogP contribution in [0.1, 0.15) is 39.2 Å². The van der Waals surface area contributed by atoms with E-state index in [4.69, 9.17) is 9.47 Å². The van der Waals surface area contributed by atoms with Gasteiger partial charge in [0.25, 0.3) is 10.0 Å². The van der Waals surface area contributed by atoms with E-state index >= 15 is 0 Å². The van der Waals surface area contributed by atoms with Gasteiger partial charge in [-0.2, -0.15) is 0 Å². The molecule has 1 amide bonds. The maximum atomic E-state index is 14.2. The van der Waals surface area contributed by atoms with Gasteiger partial charge in [-0.05, 0) is 71.8 Å². The van der Waals surface area contributed by atoms with Crippen molar-refractivity contribution in [2.45, 2.75) is 50.0 Å². The number of aromatic amines is 1. The molecule has 3 N–H and O–H groups in total. The number of hydrogen-bond donors (Lipinski definition) is 3. The maximum Gasteiger partial charge on any atom is 0.414 e. The average molecular weight is 566 g/mol. The summed E-state index contributed by atoms with van der Waals surface area (Å²) < 4.78 is 54.5. The van der Waals surface area contributed by atoms with Gasteiger partial charge in [-0.3, -0.25) is 4.72 Å². The van der Waals surface area contributed by atoms with Gasteiger partial charge in [0.15, 0.2) is 0 Å². The Hall–Kier alpha value is -3.89. The van der Waals surface area contributed by atoms with Crippen molar-refractivity contribution in [1.29, 1.82) is 0 Å². The molecular weight excluding hydrogens is 533 g/mol. The lowest BCUT2D eigenvalue weighted by atomic mass is 9.87. The summed E-state index contributed by atoms with van der Waals surface area (Å²) in [6.45, 7) is 7.36. The number of rotatable bonds is 6. The fourth-order valence-corrected chi connectivity index (χ4v) is 5.79. The van der Waals surface area contributed by atoms with Crippen molar-refractivity contribution in [1.82, 2.24) is 10.3 Å². The van der Waals surface area contributed by atoms with Crippen LogP contribution in [0.2, 0.25) is 0 Å². The van der Waals surface area contributed by atoms with Gasteiger partial charge in [0, 0.05) is 35.8 Å². The number of anilines is 1. The van der Waals surface area contributed by atoms with E-state index in [1.54, 1.807) is 30.3 Å². The molecule has 1 aliphatic heterocycles. The first-order chi connectivity index (χ1) is 19.0. The highest BCUT2D eigenvalue weighted by Gasteiger charge is 2.24. The molecule has 4 aromatic rings. The topological polar surface area (TPSA) is 110 Å². The summed E-state index contributed by atoms with van der Waals surface area (Å²) in [5.74, 6) is -0.390. The number of H-pyrrole nitrogens is 1. The molecule has 3 aromatic carbocycles. The van der Waals surface area contributed by atoms with Crippen molar-refractivity contribution in [3.8, 4) is 17.0 Å². The molecule has 210 valence electrons. The lowest BCUT2D eigenvalue weighted by molar-refractivity contribution is 0.0777. The fraction of sp³-hybridized carbons (Fsp3) is 0.300. The third-order valence-electron chi connectivity index (χ3n) is 6.90. The highest BCUT2D eigenvalue weighted by atomic mass is 32.2. The zero-order chi connectivity index (χ0) is 28.5. The Morgan fingerprint density at radius 1 is 1.02 bits per heavy atom. The first kappa shape index (κ1) is 27.7. The van der Waals surface area contributed by atoms with Crippen LogP contribution >= 0.6 is 0 Å². The molecule has 0 aliphatic carbocycles. The van der Waals surface area contributed by atoms with Crippen LogP contribution in [0.25, 0.3) is 22.0 Å². The zero-order valence-corrected chi connectivity index (χ0v) is 23.4. The minimum Gasteiger partial charge on any atom is -0.393 e. The Kier molecular flexibility index (Phi) is 7.57. The van der Waals surface area contributed by atoms with E-state index in [0.717, 1.165) is 5.56 Å². The Bertz CT molecular complexity index is 1640. The summed E-state index contributed by atoms with van der Waals surface area (Å²) in [7, 11) is -3.96. The van der Waals surface area contributed by atoms with Gasteiger partial charge >= 0.3 is 6.09 Å². The molecule has 1 saturated heterocycles. The lowest BCUT2D eigenvalue weighted by Crippen LogP contribution is -2.40. The van der Waals surface area contributed by atoms with Crippen LogP contribution in [-0.4, -0.2) is 38.8 Å². The zero-order valence-electron chi connectivity index (χ0n) is 22.6. The van der Waals surface area contributed by atoms with Crippen molar-refractivity contribution in [2.24, 2.45) is 0 Å². The largest absolute Gasteiger partial charge is 0.414 e. The van der Waals surface area contributed by atoms with Crippen molar-refractivity contribution < 1.29 is 27.1 Å². The monoisotopic (exact) mass is 565 g/mol. The van der Waals surface area contributed by atoms with Crippen molar-refractivity contribution in [3.05, 3.63) is 78.1 Å². The maximum absolute atomic E-state index is 14.2. The van der Waals surface area contributed by atoms with E-state index < -0.39 is 21.9 Å². The van der Waals surface area contributed by atoms with Crippen LogP contribution in [0.4, 0.5) is 14.9 Å². The predicted molar refractivity (Wildman–Crippen MR) is 153 cm³/mol. The number of carbonyl (C=O) groups is 1. The molecule has 0 radical (unpaired) electrons. The summed E-state index contributed by atoms with van der Waals surface area (Å²) in [5, 5.41) is 3.30. The number of fused-ring (bicyclic) bond motifs is 1. The van der Waals surface area contributed by atoms with E-state index in [1.807, 2.05) is 12.1 Å². The first-order valence-electron chi connectivity index (χ1n) is 13.1. The van der Waals surface area contributed by atoms with Crippen molar-refractivity contribution in [3.63, 3.8) is 0 Å². The summed E-state index contributed by atoms with van der Waals surface area (Å²) in [6, 6.07) is 17.5. The number of ether oxygens (including phenoxy) is 2. The highest BCUT2D eigenvalue weighted by Crippen LogP contribution is 2.39. The number of halogens is 1. The average Bonchev–Trinajstić information content (AvgIpc) is 3.25. The van der Waals surface area contributed by atoms with Gasteiger partial charge in [-0.25, -0.2) is 17.6 Å². The van der Waals surface area contributed by atoms with Crippen LogP contribution in [0.15, 0.2) is 71.6 Å². The normalized spacial score (nSPS) is 14.7. The third-order valence-corrected chi connectivity index (χ3v) is 8.28. The van der Waals surface area contributed by atoms with Crippen molar-refractivity contribution in [2.75, 3.05) is 17.9 Å². The van der Waals surface area contributed by atoms with Gasteiger partial charge in [-0.1, -0.05) is 45.0 Å². The Morgan fingerprint density at radius 3 is 2.42 bits per heavy atom. The number of carbonyl (C=O) groups excluding carboxylic acids is 1. The number of hydrogen-bond acceptors (Lipinski definition) is 5. The molecule has 0 unspecified atom stereocenters. The van der Waals surface area contributed by atoms with Gasteiger partial charge < -0.3 is 19.8 Å². The van der Waals surface area contributed by atoms with E-state index in [0.29, 0.717) is 53.8 Å². The number of nitrogens with one attached hydrogen (secondary N) is 3. The Balaban J connectivity index is 1.49. The fourth-order valence-electron chi connectivity index (χ4n) is 4.70. The standard InChI is InChI=1S/C30H32FN3O5S/c1-30(2,3)20-7-9-23(10-8-20)34-40(36,37)24-11-12-26-25(18-24)27(19-5-4-6-21(31)17-19)28(33-26)39-29(35)32-22-13-15-38-16-14-22/h4-12,17-18,22,33-34H,13-16H2,1-3H3,(H,32,35). The molecule has 5 rings (SSSR count). The molecule has 1 aromatic heterocycles. The molecule has 1 aliphatic rings. The minimum atomic E-state index is -3.96. The van der Waals surface area contributed by atoms with Gasteiger partial charge in [-0.15, -0.1) is 0 Å². The molecule has 0 spiro atoms. The molecular formula is C30H32FN3O5S. The van der Waals surface area contributed by atoms with Crippen LogP contribution in [-0.2, 0) is 20.2 Å². The van der Waals surface area contributed by atoms with Gasteiger partial charge in [0.2, 0.25) is 5.88 Å². The molecule has 10 heteroatoms. The quantitative estimate of drug-likeness (QED) is 0.253. The minimum absolute atomic E-state index is 0.00904. The summed E-state index contributed by atoms with van der Waals surface area (Å²) in [5.41, 5.74) is 2.79. The smallest absolute Gasteiger partial charge is 0.393 e. The third kappa shape index (κ3) is 6.13. The van der Waals surface area contributed by atoms with Gasteiger partial charge in [0.05, 0.1) is 10.5 Å². The first-order valence-corrected chi connectivity index (χ1v) is 14.6. The molecule has 0 saturated carbocycles. The van der Waals surface area contributed by atoms with Crippen LogP contribution < -0.4 is 14.8 Å². The Labute approximate surface area is 232 Å². The summed E-state index contributed by atoms with van der Waals surface area (Å²) >= 11 is 0. The molecule has 0 bridgehead atoms. The number of aromatic nitrogens is 1. The molecule has 8 nitrogen and oxygen atoms in total. The highest BCUT2D eigenvalue weighted by molar-refractivity contribution is 7.92. The van der Waals surface area contributed by atoms with Crippen LogP contribution in [0, 0.1) is 5.82 Å². The van der Waals surface area contributed by atoms with E-state index in [1.165, 1.54) is 24.3 Å². The molecule has 1 fully saturated rings. The number of benzene rings is 3. The number of sulfonamides is 1. The lowest BCUT2D eigenvalue weighted by Gasteiger charge is -2.22. The second-order valence-electron chi connectivity index (χ2n) is 10.9. The molecule has 2 heterocycles. The van der Waals surface area contributed by atoms with E-state index in [9.17, 15) is 17.6 Å². The van der Waals surface area contributed by atoms with E-state index in [2.05, 4.69) is 35.8 Å². The summed E-state index contributed by atoms with van der Waals surface area (Å²) in [6.07, 6.45) is 0.682. The second kappa shape index (κ2) is 10.9. The molecule has 40 heavy (non-hydrogen) atoms. The Morgan fingerprint density at radius 2 is 1.75 bits per heavy atom. The van der Waals surface area contributed by atoms with Crippen molar-refractivity contribution >= 4 is 32.7 Å². The SMILES string of the molecule is CC(C)(C)c1ccc(NS(=O)(=O)c2ccc3[nH]c(OC(=O)NC4CCOCC4)c(-c4cccc(F)c4)c3c2)cc1. The summed E-state index contributed by atoms with van der Waals surface area (Å²) in [4.78, 5) is 15.8.